The normalized spacial score (nSPS) is 12.0. The molecule has 9 aromatic carbocycles. The van der Waals surface area contributed by atoms with Crippen LogP contribution >= 0.6 is 0 Å². The van der Waals surface area contributed by atoms with E-state index >= 15 is 0 Å². The first kappa shape index (κ1) is 38.5. The number of benzene rings is 9. The highest BCUT2D eigenvalue weighted by atomic mass is 15.0. The van der Waals surface area contributed by atoms with Crippen LogP contribution in [0, 0.1) is 0 Å². The SMILES string of the molecule is c1ccc(-c2nc(-c3ccccc3)nc(-c3ccc4c5c(cc(-c6cc(-c7ccc8ccc9cccnc9c8n7)nc(-c7ccc8c9c(cccc79)-c7ccccc7-8)n6)cc35)-c3ccccc3-4)n2)cc1. The molecule has 322 valence electrons. The van der Waals surface area contributed by atoms with Gasteiger partial charge in [-0.2, -0.15) is 0 Å². The third-order valence-corrected chi connectivity index (χ3v) is 14.1. The van der Waals surface area contributed by atoms with Crippen LogP contribution < -0.4 is 0 Å². The lowest BCUT2D eigenvalue weighted by molar-refractivity contribution is 1.08. The van der Waals surface area contributed by atoms with E-state index in [1.807, 2.05) is 72.9 Å². The average Bonchev–Trinajstić information content (AvgIpc) is 3.94. The summed E-state index contributed by atoms with van der Waals surface area (Å²) in [6.07, 6.45) is 1.83. The van der Waals surface area contributed by atoms with Gasteiger partial charge in [-0.25, -0.2) is 29.9 Å². The quantitative estimate of drug-likeness (QED) is 0.154. The van der Waals surface area contributed by atoms with E-state index in [0.29, 0.717) is 29.0 Å². The number of aromatic nitrogens is 7. The molecule has 0 saturated heterocycles. The van der Waals surface area contributed by atoms with Gasteiger partial charge in [0.25, 0.3) is 0 Å². The molecule has 15 rings (SSSR count). The summed E-state index contributed by atoms with van der Waals surface area (Å²) in [6, 6.07) is 72.1. The molecule has 4 heterocycles. The molecule has 0 aliphatic heterocycles. The van der Waals surface area contributed by atoms with Gasteiger partial charge >= 0.3 is 0 Å². The zero-order chi connectivity index (χ0) is 45.9. The van der Waals surface area contributed by atoms with E-state index in [9.17, 15) is 0 Å². The first-order valence-corrected chi connectivity index (χ1v) is 23.5. The summed E-state index contributed by atoms with van der Waals surface area (Å²) in [5.74, 6) is 2.44. The van der Waals surface area contributed by atoms with Crippen molar-refractivity contribution in [1.29, 1.82) is 0 Å². The smallest absolute Gasteiger partial charge is 0.164 e. The zero-order valence-corrected chi connectivity index (χ0v) is 37.3. The second-order valence-electron chi connectivity index (χ2n) is 18.0. The summed E-state index contributed by atoms with van der Waals surface area (Å²) >= 11 is 0. The van der Waals surface area contributed by atoms with Crippen LogP contribution in [0.5, 0.6) is 0 Å². The monoisotopic (exact) mass is 889 g/mol. The Bertz CT molecular complexity index is 4270. The minimum Gasteiger partial charge on any atom is -0.254 e. The van der Waals surface area contributed by atoms with Crippen LogP contribution in [0.3, 0.4) is 0 Å². The van der Waals surface area contributed by atoms with Crippen molar-refractivity contribution in [2.75, 3.05) is 0 Å². The van der Waals surface area contributed by atoms with E-state index in [1.165, 1.54) is 44.3 Å². The predicted molar refractivity (Wildman–Crippen MR) is 283 cm³/mol. The Hall–Kier alpha value is -9.59. The lowest BCUT2D eigenvalue weighted by Crippen LogP contribution is -2.01. The van der Waals surface area contributed by atoms with Gasteiger partial charge in [-0.3, -0.25) is 4.98 Å². The third kappa shape index (κ3) is 5.85. The van der Waals surface area contributed by atoms with E-state index < -0.39 is 0 Å². The van der Waals surface area contributed by atoms with E-state index in [2.05, 4.69) is 140 Å². The predicted octanol–water partition coefficient (Wildman–Crippen LogP) is 15.4. The van der Waals surface area contributed by atoms with Crippen molar-refractivity contribution in [2.45, 2.75) is 0 Å². The van der Waals surface area contributed by atoms with E-state index in [4.69, 9.17) is 34.9 Å². The van der Waals surface area contributed by atoms with Crippen LogP contribution in [-0.2, 0) is 0 Å². The van der Waals surface area contributed by atoms with E-state index in [-0.39, 0.29) is 0 Å². The van der Waals surface area contributed by atoms with Gasteiger partial charge in [0, 0.05) is 44.8 Å². The largest absolute Gasteiger partial charge is 0.254 e. The minimum absolute atomic E-state index is 0.595. The fourth-order valence-electron chi connectivity index (χ4n) is 10.9. The maximum Gasteiger partial charge on any atom is 0.164 e. The highest BCUT2D eigenvalue weighted by molar-refractivity contribution is 6.20. The first-order valence-electron chi connectivity index (χ1n) is 23.5. The molecule has 2 aliphatic carbocycles. The van der Waals surface area contributed by atoms with Crippen molar-refractivity contribution in [3.63, 3.8) is 0 Å². The topological polar surface area (TPSA) is 90.2 Å². The van der Waals surface area contributed by atoms with Crippen LogP contribution in [0.4, 0.5) is 0 Å². The third-order valence-electron chi connectivity index (χ3n) is 14.1. The summed E-state index contributed by atoms with van der Waals surface area (Å²) in [4.78, 5) is 36.6. The van der Waals surface area contributed by atoms with Crippen molar-refractivity contribution >= 4 is 43.4 Å². The summed E-state index contributed by atoms with van der Waals surface area (Å²) in [5.41, 5.74) is 18.1. The Balaban J connectivity index is 0.998. The summed E-state index contributed by atoms with van der Waals surface area (Å²) in [7, 11) is 0. The lowest BCUT2D eigenvalue weighted by atomic mass is 9.94. The molecule has 7 heteroatoms. The Morgan fingerprint density at radius 2 is 0.757 bits per heavy atom. The van der Waals surface area contributed by atoms with Gasteiger partial charge in [0.1, 0.15) is 0 Å². The fourth-order valence-corrected chi connectivity index (χ4v) is 10.9. The molecule has 2 aliphatic rings. The molecule has 0 atom stereocenters. The molecule has 0 radical (unpaired) electrons. The average molecular weight is 890 g/mol. The van der Waals surface area contributed by atoms with Crippen LogP contribution in [0.2, 0.25) is 0 Å². The molecule has 7 nitrogen and oxygen atoms in total. The second kappa shape index (κ2) is 15.0. The Kier molecular flexibility index (Phi) is 8.23. The van der Waals surface area contributed by atoms with Crippen molar-refractivity contribution in [3.8, 4) is 113 Å². The number of rotatable bonds is 6. The van der Waals surface area contributed by atoms with Gasteiger partial charge in [0.05, 0.1) is 28.1 Å². The Morgan fingerprint density at radius 3 is 1.44 bits per heavy atom. The molecule has 13 aromatic rings. The van der Waals surface area contributed by atoms with Crippen LogP contribution in [0.1, 0.15) is 0 Å². The summed E-state index contributed by atoms with van der Waals surface area (Å²) in [5, 5.41) is 6.55. The molecular formula is C63H35N7. The van der Waals surface area contributed by atoms with Crippen LogP contribution in [-0.4, -0.2) is 34.9 Å². The molecule has 70 heavy (non-hydrogen) atoms. The van der Waals surface area contributed by atoms with Gasteiger partial charge in [-0.15, -0.1) is 0 Å². The van der Waals surface area contributed by atoms with Gasteiger partial charge < -0.3 is 0 Å². The van der Waals surface area contributed by atoms with Gasteiger partial charge in [0.15, 0.2) is 23.3 Å². The standard InChI is InChI=1S/C63H35N7/c1-3-13-38(14-4-1)60-68-61(39-15-5-2-6-16-39)70-63(69-60)50-30-28-48-43-20-9-10-21-44(43)51-33-40(34-52(50)57(48)51)54-35-55(53-31-26-37-25-24-36-17-12-32-64-58(36)59(37)65-53)67-62(66-54)49-29-27-47-42-19-8-7-18-41(42)45-22-11-23-46(49)56(45)47/h1-35H. The molecule has 0 spiro atoms. The maximum atomic E-state index is 5.56. The molecule has 0 saturated carbocycles. The van der Waals surface area contributed by atoms with Crippen molar-refractivity contribution in [1.82, 2.24) is 34.9 Å². The minimum atomic E-state index is 0.595. The number of pyridine rings is 2. The molecule has 0 unspecified atom stereocenters. The van der Waals surface area contributed by atoms with Gasteiger partial charge in [-0.1, -0.05) is 164 Å². The Labute approximate surface area is 401 Å². The molecule has 0 bridgehead atoms. The van der Waals surface area contributed by atoms with Crippen LogP contribution in [0.25, 0.3) is 156 Å². The number of nitrogens with zero attached hydrogens (tertiary/aromatic N) is 7. The highest BCUT2D eigenvalue weighted by Gasteiger charge is 2.27. The fraction of sp³-hybridized carbons (Fsp3) is 0. The van der Waals surface area contributed by atoms with Gasteiger partial charge in [0.2, 0.25) is 0 Å². The second-order valence-corrected chi connectivity index (χ2v) is 18.0. The van der Waals surface area contributed by atoms with E-state index in [1.54, 1.807) is 0 Å². The first-order chi connectivity index (χ1) is 34.7. The number of hydrogen-bond donors (Lipinski definition) is 0. The molecule has 4 aromatic heterocycles. The van der Waals surface area contributed by atoms with Crippen molar-refractivity contribution < 1.29 is 0 Å². The number of fused-ring (bicyclic) bond motifs is 9. The van der Waals surface area contributed by atoms with E-state index in [0.717, 1.165) is 82.7 Å². The summed E-state index contributed by atoms with van der Waals surface area (Å²) in [6.45, 7) is 0. The molecule has 0 amide bonds. The number of hydrogen-bond acceptors (Lipinski definition) is 7. The maximum absolute atomic E-state index is 5.56. The van der Waals surface area contributed by atoms with Gasteiger partial charge in [-0.05, 0) is 109 Å². The molecule has 0 N–H and O–H groups in total. The lowest BCUT2D eigenvalue weighted by Gasteiger charge is -2.15. The van der Waals surface area contributed by atoms with Crippen molar-refractivity contribution in [2.24, 2.45) is 0 Å². The zero-order valence-electron chi connectivity index (χ0n) is 37.3. The Morgan fingerprint density at radius 1 is 0.243 bits per heavy atom. The highest BCUT2D eigenvalue weighted by Crippen LogP contribution is 2.52. The van der Waals surface area contributed by atoms with Crippen LogP contribution in [0.15, 0.2) is 212 Å². The van der Waals surface area contributed by atoms with Crippen molar-refractivity contribution in [3.05, 3.63) is 212 Å². The molecule has 0 fully saturated rings. The summed E-state index contributed by atoms with van der Waals surface area (Å²) < 4.78 is 0. The molecular weight excluding hydrogens is 855 g/mol.